The second-order valence-corrected chi connectivity index (χ2v) is 8.41. The fourth-order valence-electron chi connectivity index (χ4n) is 3.38. The number of piperazine rings is 1. The van der Waals surface area contributed by atoms with Crippen molar-refractivity contribution in [2.75, 3.05) is 45.9 Å². The number of carboxylic acids is 5. The first-order valence-corrected chi connectivity index (χ1v) is 12.6. The number of hydrogen-bond donors (Lipinski definition) is 5. The molecule has 0 bridgehead atoms. The highest BCUT2D eigenvalue weighted by molar-refractivity contribution is 5.90. The molecule has 5 N–H and O–H groups in total. The first-order chi connectivity index (χ1) is 18.9. The minimum atomic E-state index is -1.26. The van der Waals surface area contributed by atoms with Gasteiger partial charge in [-0.2, -0.15) is 0 Å². The molecule has 1 heterocycles. The predicted octanol–water partition coefficient (Wildman–Crippen LogP) is 2.06. The number of benzene rings is 1. The summed E-state index contributed by atoms with van der Waals surface area (Å²) in [5.74, 6) is -5.74. The van der Waals surface area contributed by atoms with Gasteiger partial charge in [0, 0.05) is 63.6 Å². The van der Waals surface area contributed by atoms with Crippen LogP contribution in [0.25, 0.3) is 0 Å². The fourth-order valence-corrected chi connectivity index (χ4v) is 3.38. The Morgan fingerprint density at radius 2 is 1.18 bits per heavy atom. The maximum absolute atomic E-state index is 10.6. The summed E-state index contributed by atoms with van der Waals surface area (Å²) < 4.78 is 6.14. The average Bonchev–Trinajstić information content (AvgIpc) is 2.91. The maximum Gasteiger partial charge on any atom is 0.328 e. The first-order valence-electron chi connectivity index (χ1n) is 12.6. The number of carboxylic acid groups (broad SMARTS) is 5. The van der Waals surface area contributed by atoms with Gasteiger partial charge in [0.2, 0.25) is 0 Å². The maximum atomic E-state index is 10.6. The number of ether oxygens (including phenoxy) is 1. The van der Waals surface area contributed by atoms with Crippen molar-refractivity contribution in [1.82, 2.24) is 9.80 Å². The van der Waals surface area contributed by atoms with Crippen LogP contribution in [-0.4, -0.2) is 111 Å². The van der Waals surface area contributed by atoms with E-state index in [1.54, 1.807) is 0 Å². The summed E-state index contributed by atoms with van der Waals surface area (Å²) in [5, 5.41) is 40.0. The topological polar surface area (TPSA) is 202 Å². The van der Waals surface area contributed by atoms with Gasteiger partial charge in [0.05, 0.1) is 19.1 Å². The van der Waals surface area contributed by atoms with Crippen LogP contribution in [0.15, 0.2) is 54.6 Å². The molecule has 0 spiro atoms. The third kappa shape index (κ3) is 20.9. The minimum Gasteiger partial charge on any atom is -0.481 e. The first kappa shape index (κ1) is 35.9. The zero-order valence-corrected chi connectivity index (χ0v) is 22.4. The van der Waals surface area contributed by atoms with Gasteiger partial charge in [0.15, 0.2) is 0 Å². The third-order valence-corrected chi connectivity index (χ3v) is 5.29. The van der Waals surface area contributed by atoms with E-state index < -0.39 is 29.8 Å². The molecular weight excluding hydrogens is 528 g/mol. The molecule has 1 fully saturated rings. The minimum absolute atomic E-state index is 0.188. The van der Waals surface area contributed by atoms with E-state index in [0.717, 1.165) is 52.2 Å². The standard InChI is InChI=1S/C19H30N2O3.2C4H4O4/c1-2-6-18(17-7-4-3-5-8-17)24-16-15-21-13-11-20(12-14-21)10-9-19(22)23;2*5-3(6)1-2-4(7)8/h3-5,7-8,18H,2,6,9-16H2,1H3,(H,22,23);2*1-2H,(H,5,6)(H,7,8)/b;2*2-1-. The molecular formula is C27H38N2O11. The Balaban J connectivity index is 0.000000780. The van der Waals surface area contributed by atoms with Gasteiger partial charge in [-0.3, -0.25) is 9.69 Å². The highest BCUT2D eigenvalue weighted by Crippen LogP contribution is 2.22. The van der Waals surface area contributed by atoms with Gasteiger partial charge >= 0.3 is 29.8 Å². The molecule has 1 aromatic rings. The predicted molar refractivity (Wildman–Crippen MR) is 144 cm³/mol. The van der Waals surface area contributed by atoms with Gasteiger partial charge in [0.1, 0.15) is 0 Å². The molecule has 222 valence electrons. The van der Waals surface area contributed by atoms with E-state index in [1.807, 2.05) is 6.07 Å². The molecule has 2 rings (SSSR count). The molecule has 0 aliphatic carbocycles. The summed E-state index contributed by atoms with van der Waals surface area (Å²) in [6.07, 6.45) is 4.82. The van der Waals surface area contributed by atoms with Gasteiger partial charge in [-0.05, 0) is 12.0 Å². The van der Waals surface area contributed by atoms with E-state index in [1.165, 1.54) is 5.56 Å². The largest absolute Gasteiger partial charge is 0.481 e. The van der Waals surface area contributed by atoms with Crippen molar-refractivity contribution in [3.05, 3.63) is 60.2 Å². The van der Waals surface area contributed by atoms with Crippen LogP contribution >= 0.6 is 0 Å². The molecule has 13 nitrogen and oxygen atoms in total. The second kappa shape index (κ2) is 21.8. The van der Waals surface area contributed by atoms with E-state index in [4.69, 9.17) is 30.3 Å². The van der Waals surface area contributed by atoms with Crippen molar-refractivity contribution in [2.24, 2.45) is 0 Å². The molecule has 0 amide bonds. The van der Waals surface area contributed by atoms with Gasteiger partial charge in [0.25, 0.3) is 0 Å². The Morgan fingerprint density at radius 1 is 0.750 bits per heavy atom. The highest BCUT2D eigenvalue weighted by Gasteiger charge is 2.18. The Kier molecular flexibility index (Phi) is 19.6. The summed E-state index contributed by atoms with van der Waals surface area (Å²) in [4.78, 5) is 53.5. The van der Waals surface area contributed by atoms with Crippen molar-refractivity contribution in [3.63, 3.8) is 0 Å². The smallest absolute Gasteiger partial charge is 0.328 e. The molecule has 40 heavy (non-hydrogen) atoms. The second-order valence-electron chi connectivity index (χ2n) is 8.41. The van der Waals surface area contributed by atoms with E-state index >= 15 is 0 Å². The van der Waals surface area contributed by atoms with E-state index in [2.05, 4.69) is 41.0 Å². The van der Waals surface area contributed by atoms with Crippen LogP contribution in [0.2, 0.25) is 0 Å². The Hall–Kier alpha value is -4.07. The number of hydrogen-bond acceptors (Lipinski definition) is 8. The van der Waals surface area contributed by atoms with Gasteiger partial charge in [-0.1, -0.05) is 43.7 Å². The summed E-state index contributed by atoms with van der Waals surface area (Å²) in [6, 6.07) is 10.5. The van der Waals surface area contributed by atoms with Gasteiger partial charge < -0.3 is 35.2 Å². The lowest BCUT2D eigenvalue weighted by Gasteiger charge is -2.34. The van der Waals surface area contributed by atoms with Crippen LogP contribution in [0.4, 0.5) is 0 Å². The van der Waals surface area contributed by atoms with E-state index in [-0.39, 0.29) is 12.5 Å². The zero-order chi connectivity index (χ0) is 30.3. The lowest BCUT2D eigenvalue weighted by atomic mass is 10.1. The number of rotatable bonds is 14. The summed E-state index contributed by atoms with van der Waals surface area (Å²) in [7, 11) is 0. The van der Waals surface area contributed by atoms with Crippen LogP contribution in [0.5, 0.6) is 0 Å². The summed E-state index contributed by atoms with van der Waals surface area (Å²) in [6.45, 7) is 8.42. The van der Waals surface area contributed by atoms with Crippen molar-refractivity contribution in [3.8, 4) is 0 Å². The van der Waals surface area contributed by atoms with Gasteiger partial charge in [-0.15, -0.1) is 0 Å². The SMILES string of the molecule is CCCC(OCCN1CCN(CCC(=O)O)CC1)c1ccccc1.O=C(O)/C=C\C(=O)O.O=C(O)/C=C\C(=O)O. The molecule has 0 radical (unpaired) electrons. The molecule has 1 saturated heterocycles. The molecule has 1 aliphatic heterocycles. The highest BCUT2D eigenvalue weighted by atomic mass is 16.5. The molecule has 1 atom stereocenters. The Morgan fingerprint density at radius 3 is 1.55 bits per heavy atom. The quantitative estimate of drug-likeness (QED) is 0.205. The Bertz CT molecular complexity index is 906. The number of aliphatic carboxylic acids is 5. The normalized spacial score (nSPS) is 14.4. The summed E-state index contributed by atoms with van der Waals surface area (Å²) >= 11 is 0. The summed E-state index contributed by atoms with van der Waals surface area (Å²) in [5.41, 5.74) is 1.26. The molecule has 1 aliphatic rings. The molecule has 13 heteroatoms. The van der Waals surface area contributed by atoms with Crippen LogP contribution in [0, 0.1) is 0 Å². The zero-order valence-electron chi connectivity index (χ0n) is 22.4. The van der Waals surface area contributed by atoms with Crippen LogP contribution in [-0.2, 0) is 28.7 Å². The molecule has 0 saturated carbocycles. The van der Waals surface area contributed by atoms with Crippen molar-refractivity contribution >= 4 is 29.8 Å². The third-order valence-electron chi connectivity index (χ3n) is 5.29. The molecule has 1 unspecified atom stereocenters. The van der Waals surface area contributed by atoms with E-state index in [0.29, 0.717) is 30.8 Å². The average molecular weight is 567 g/mol. The lowest BCUT2D eigenvalue weighted by Crippen LogP contribution is -2.47. The van der Waals surface area contributed by atoms with Crippen LogP contribution in [0.1, 0.15) is 37.9 Å². The lowest BCUT2D eigenvalue weighted by molar-refractivity contribution is -0.137. The Labute approximate surface area is 232 Å². The van der Waals surface area contributed by atoms with Crippen LogP contribution in [0.3, 0.4) is 0 Å². The fraction of sp³-hybridized carbons (Fsp3) is 0.444. The van der Waals surface area contributed by atoms with Gasteiger partial charge in [-0.25, -0.2) is 19.2 Å². The molecule has 0 aromatic heterocycles. The number of nitrogens with zero attached hydrogens (tertiary/aromatic N) is 2. The van der Waals surface area contributed by atoms with Crippen molar-refractivity contribution in [1.29, 1.82) is 0 Å². The molecule has 1 aromatic carbocycles. The van der Waals surface area contributed by atoms with Crippen molar-refractivity contribution in [2.45, 2.75) is 32.3 Å². The van der Waals surface area contributed by atoms with E-state index in [9.17, 15) is 24.0 Å². The van der Waals surface area contributed by atoms with Crippen molar-refractivity contribution < 1.29 is 54.2 Å². The number of carbonyl (C=O) groups is 5. The van der Waals surface area contributed by atoms with Crippen LogP contribution < -0.4 is 0 Å². The monoisotopic (exact) mass is 566 g/mol.